The van der Waals surface area contributed by atoms with Crippen molar-refractivity contribution in [3.63, 3.8) is 0 Å². The van der Waals surface area contributed by atoms with E-state index in [-0.39, 0.29) is 0 Å². The number of hydrogen-bond donors (Lipinski definition) is 1. The minimum absolute atomic E-state index is 0.605. The van der Waals surface area contributed by atoms with Crippen molar-refractivity contribution >= 4 is 45.2 Å². The maximum Gasteiger partial charge on any atom is 0.145 e. The Kier molecular flexibility index (Phi) is 4.01. The number of rotatable bonds is 2. The van der Waals surface area contributed by atoms with Crippen LogP contribution in [-0.2, 0) is 5.60 Å². The Bertz CT molecular complexity index is 375. The highest BCUT2D eigenvalue weighted by Gasteiger charge is 2.33. The molecule has 0 heterocycles. The molecule has 0 radical (unpaired) electrons. The molecule has 0 atom stereocenters. The normalized spacial score (nSPS) is 18.8. The summed E-state index contributed by atoms with van der Waals surface area (Å²) in [7, 11) is 1.68. The highest BCUT2D eigenvalue weighted by atomic mass is 127. The van der Waals surface area contributed by atoms with Crippen LogP contribution in [0.5, 0.6) is 5.75 Å². The van der Waals surface area contributed by atoms with Crippen LogP contribution in [0.1, 0.15) is 31.2 Å². The third kappa shape index (κ3) is 2.33. The standard InChI is InChI=1S/C12H14I2O2/c1-16-11-9(13)6-8(7-10(11)14)12(15)4-2-3-5-12/h6-7,15H,2-5H2,1H3. The van der Waals surface area contributed by atoms with E-state index in [1.165, 1.54) is 0 Å². The van der Waals surface area contributed by atoms with Crippen molar-refractivity contribution in [2.24, 2.45) is 0 Å². The highest BCUT2D eigenvalue weighted by molar-refractivity contribution is 14.1. The van der Waals surface area contributed by atoms with E-state index in [2.05, 4.69) is 45.2 Å². The molecule has 0 spiro atoms. The first-order valence-corrected chi connectivity index (χ1v) is 7.48. The average molecular weight is 444 g/mol. The maximum atomic E-state index is 10.5. The highest BCUT2D eigenvalue weighted by Crippen LogP contribution is 2.41. The molecule has 4 heteroatoms. The largest absolute Gasteiger partial charge is 0.495 e. The smallest absolute Gasteiger partial charge is 0.145 e. The van der Waals surface area contributed by atoms with Gasteiger partial charge in [-0.05, 0) is 75.7 Å². The van der Waals surface area contributed by atoms with Crippen molar-refractivity contribution in [1.29, 1.82) is 0 Å². The van der Waals surface area contributed by atoms with Crippen molar-refractivity contribution in [3.8, 4) is 5.75 Å². The van der Waals surface area contributed by atoms with E-state index in [4.69, 9.17) is 4.74 Å². The molecule has 0 unspecified atom stereocenters. The van der Waals surface area contributed by atoms with Gasteiger partial charge in [-0.2, -0.15) is 0 Å². The Hall–Kier alpha value is 0.440. The van der Waals surface area contributed by atoms with Crippen LogP contribution < -0.4 is 4.74 Å². The van der Waals surface area contributed by atoms with Gasteiger partial charge in [0.1, 0.15) is 5.75 Å². The molecule has 1 N–H and O–H groups in total. The summed E-state index contributed by atoms with van der Waals surface area (Å²) < 4.78 is 7.47. The van der Waals surface area contributed by atoms with Crippen LogP contribution in [0.25, 0.3) is 0 Å². The van der Waals surface area contributed by atoms with Gasteiger partial charge < -0.3 is 9.84 Å². The van der Waals surface area contributed by atoms with Gasteiger partial charge in [-0.1, -0.05) is 12.8 Å². The molecule has 0 bridgehead atoms. The first-order valence-electron chi connectivity index (χ1n) is 5.33. The molecule has 1 aromatic rings. The SMILES string of the molecule is COc1c(I)cc(C2(O)CCCC2)cc1I. The van der Waals surface area contributed by atoms with E-state index in [1.807, 2.05) is 12.1 Å². The van der Waals surface area contributed by atoms with Gasteiger partial charge >= 0.3 is 0 Å². The van der Waals surface area contributed by atoms with Crippen molar-refractivity contribution in [2.45, 2.75) is 31.3 Å². The van der Waals surface area contributed by atoms with Crippen LogP contribution in [0.15, 0.2) is 12.1 Å². The summed E-state index contributed by atoms with van der Waals surface area (Å²) in [5, 5.41) is 10.5. The third-order valence-corrected chi connectivity index (χ3v) is 4.77. The molecule has 0 amide bonds. The summed E-state index contributed by atoms with van der Waals surface area (Å²) in [6.45, 7) is 0. The first kappa shape index (κ1) is 12.9. The predicted octanol–water partition coefficient (Wildman–Crippen LogP) is 3.67. The molecule has 1 aliphatic carbocycles. The summed E-state index contributed by atoms with van der Waals surface area (Å²) in [6.07, 6.45) is 4.00. The minimum atomic E-state index is -0.605. The van der Waals surface area contributed by atoms with Crippen molar-refractivity contribution in [3.05, 3.63) is 24.8 Å². The molecule has 1 aliphatic rings. The fraction of sp³-hybridized carbons (Fsp3) is 0.500. The Morgan fingerprint density at radius 3 is 2.12 bits per heavy atom. The maximum absolute atomic E-state index is 10.5. The quantitative estimate of drug-likeness (QED) is 0.707. The number of aliphatic hydroxyl groups is 1. The van der Waals surface area contributed by atoms with E-state index in [9.17, 15) is 5.11 Å². The molecule has 88 valence electrons. The van der Waals surface area contributed by atoms with Crippen LogP contribution in [-0.4, -0.2) is 12.2 Å². The molecule has 0 aromatic heterocycles. The monoisotopic (exact) mass is 444 g/mol. The van der Waals surface area contributed by atoms with Crippen molar-refractivity contribution < 1.29 is 9.84 Å². The number of ether oxygens (including phenoxy) is 1. The zero-order chi connectivity index (χ0) is 11.8. The van der Waals surface area contributed by atoms with Gasteiger partial charge in [-0.15, -0.1) is 0 Å². The van der Waals surface area contributed by atoms with E-state index in [0.717, 1.165) is 44.1 Å². The van der Waals surface area contributed by atoms with Gasteiger partial charge in [0.15, 0.2) is 0 Å². The number of benzene rings is 1. The number of methoxy groups -OCH3 is 1. The Balaban J connectivity index is 2.43. The fourth-order valence-corrected chi connectivity index (χ4v) is 4.48. The number of halogens is 2. The molecule has 1 aromatic carbocycles. The summed E-state index contributed by atoms with van der Waals surface area (Å²) in [4.78, 5) is 0. The lowest BCUT2D eigenvalue weighted by Gasteiger charge is -2.24. The van der Waals surface area contributed by atoms with Crippen LogP contribution in [0.4, 0.5) is 0 Å². The molecule has 1 fully saturated rings. The second-order valence-corrected chi connectivity index (χ2v) is 6.54. The summed E-state index contributed by atoms with van der Waals surface area (Å²) >= 11 is 4.53. The van der Waals surface area contributed by atoms with Crippen LogP contribution in [0, 0.1) is 7.14 Å². The van der Waals surface area contributed by atoms with Gasteiger partial charge in [-0.3, -0.25) is 0 Å². The molecular formula is C12H14I2O2. The van der Waals surface area contributed by atoms with Gasteiger partial charge in [-0.25, -0.2) is 0 Å². The third-order valence-electron chi connectivity index (χ3n) is 3.17. The molecule has 2 nitrogen and oxygen atoms in total. The molecule has 2 rings (SSSR count). The summed E-state index contributed by atoms with van der Waals surface area (Å²) in [5.74, 6) is 0.909. The van der Waals surface area contributed by atoms with E-state index >= 15 is 0 Å². The van der Waals surface area contributed by atoms with E-state index in [0.29, 0.717) is 0 Å². The van der Waals surface area contributed by atoms with Gasteiger partial charge in [0.05, 0.1) is 19.9 Å². The second-order valence-electron chi connectivity index (χ2n) is 4.21. The predicted molar refractivity (Wildman–Crippen MR) is 80.8 cm³/mol. The molecule has 1 saturated carbocycles. The van der Waals surface area contributed by atoms with E-state index < -0.39 is 5.60 Å². The van der Waals surface area contributed by atoms with Crippen LogP contribution in [0.3, 0.4) is 0 Å². The van der Waals surface area contributed by atoms with Crippen molar-refractivity contribution in [2.75, 3.05) is 7.11 Å². The molecule has 0 aliphatic heterocycles. The van der Waals surface area contributed by atoms with Gasteiger partial charge in [0.25, 0.3) is 0 Å². The van der Waals surface area contributed by atoms with Gasteiger partial charge in [0, 0.05) is 0 Å². The fourth-order valence-electron chi connectivity index (χ4n) is 2.27. The Morgan fingerprint density at radius 2 is 1.69 bits per heavy atom. The summed E-state index contributed by atoms with van der Waals surface area (Å²) in [5.41, 5.74) is 0.436. The minimum Gasteiger partial charge on any atom is -0.495 e. The van der Waals surface area contributed by atoms with E-state index in [1.54, 1.807) is 7.11 Å². The Morgan fingerprint density at radius 1 is 1.19 bits per heavy atom. The first-order chi connectivity index (χ1) is 7.57. The lowest BCUT2D eigenvalue weighted by atomic mass is 9.92. The van der Waals surface area contributed by atoms with Crippen LogP contribution in [0.2, 0.25) is 0 Å². The zero-order valence-electron chi connectivity index (χ0n) is 9.09. The lowest BCUT2D eigenvalue weighted by molar-refractivity contribution is 0.0443. The topological polar surface area (TPSA) is 29.5 Å². The molecule has 0 saturated heterocycles. The van der Waals surface area contributed by atoms with Crippen LogP contribution >= 0.6 is 45.2 Å². The second kappa shape index (κ2) is 4.97. The summed E-state index contributed by atoms with van der Waals surface area (Å²) in [6, 6.07) is 4.10. The molecule has 16 heavy (non-hydrogen) atoms. The van der Waals surface area contributed by atoms with Crippen molar-refractivity contribution in [1.82, 2.24) is 0 Å². The average Bonchev–Trinajstić information content (AvgIpc) is 2.66. The number of hydrogen-bond acceptors (Lipinski definition) is 2. The zero-order valence-corrected chi connectivity index (χ0v) is 13.4. The lowest BCUT2D eigenvalue weighted by Crippen LogP contribution is -2.21. The Labute approximate surface area is 123 Å². The molecular weight excluding hydrogens is 430 g/mol. The van der Waals surface area contributed by atoms with Gasteiger partial charge in [0.2, 0.25) is 0 Å².